The van der Waals surface area contributed by atoms with Crippen molar-refractivity contribution in [3.8, 4) is 0 Å². The van der Waals surface area contributed by atoms with Crippen molar-refractivity contribution in [1.82, 2.24) is 10.6 Å². The molecule has 0 aromatic heterocycles. The molecule has 1 unspecified atom stereocenters. The van der Waals surface area contributed by atoms with E-state index in [1.54, 1.807) is 11.8 Å². The van der Waals surface area contributed by atoms with Gasteiger partial charge in [0.05, 0.1) is 11.6 Å². The van der Waals surface area contributed by atoms with E-state index in [0.29, 0.717) is 6.54 Å². The van der Waals surface area contributed by atoms with Gasteiger partial charge in [0.25, 0.3) is 0 Å². The van der Waals surface area contributed by atoms with Crippen molar-refractivity contribution in [2.75, 3.05) is 18.2 Å². The molecule has 2 aliphatic rings. The molecule has 2 fully saturated rings. The van der Waals surface area contributed by atoms with E-state index in [-0.39, 0.29) is 11.9 Å². The number of thioether (sulfide) groups is 1. The Morgan fingerprint density at radius 3 is 2.78 bits per heavy atom. The summed E-state index contributed by atoms with van der Waals surface area (Å²) in [6.07, 6.45) is 5.00. The maximum atomic E-state index is 11.9. The van der Waals surface area contributed by atoms with Crippen molar-refractivity contribution in [3.05, 3.63) is 0 Å². The average Bonchev–Trinajstić information content (AvgIpc) is 2.91. The first kappa shape index (κ1) is 14.2. The first-order chi connectivity index (χ1) is 8.63. The first-order valence-electron chi connectivity index (χ1n) is 6.94. The predicted octanol–water partition coefficient (Wildman–Crippen LogP) is 1.10. The van der Waals surface area contributed by atoms with Crippen LogP contribution in [0.25, 0.3) is 0 Å². The van der Waals surface area contributed by atoms with Gasteiger partial charge in [-0.2, -0.15) is 0 Å². The molecule has 3 N–H and O–H groups in total. The van der Waals surface area contributed by atoms with Crippen LogP contribution < -0.4 is 10.6 Å². The van der Waals surface area contributed by atoms with E-state index in [0.717, 1.165) is 43.2 Å². The molecule has 1 amide bonds. The SMILES string of the molecule is CCC1CCC(O)(CNC(=O)C2CSCN2)CC1. The van der Waals surface area contributed by atoms with Crippen LogP contribution >= 0.6 is 11.8 Å². The Labute approximate surface area is 113 Å². The summed E-state index contributed by atoms with van der Waals surface area (Å²) < 4.78 is 0. The van der Waals surface area contributed by atoms with Gasteiger partial charge < -0.3 is 10.4 Å². The molecule has 0 aromatic carbocycles. The molecule has 104 valence electrons. The predicted molar refractivity (Wildman–Crippen MR) is 74.5 cm³/mol. The summed E-state index contributed by atoms with van der Waals surface area (Å²) in [4.78, 5) is 11.9. The first-order valence-corrected chi connectivity index (χ1v) is 8.09. The topological polar surface area (TPSA) is 61.4 Å². The summed E-state index contributed by atoms with van der Waals surface area (Å²) in [6.45, 7) is 2.62. The molecule has 4 nitrogen and oxygen atoms in total. The Balaban J connectivity index is 1.73. The van der Waals surface area contributed by atoms with Crippen LogP contribution in [0.4, 0.5) is 0 Å². The highest BCUT2D eigenvalue weighted by molar-refractivity contribution is 7.99. The maximum Gasteiger partial charge on any atom is 0.238 e. The molecule has 1 heterocycles. The van der Waals surface area contributed by atoms with Crippen molar-refractivity contribution in [2.24, 2.45) is 5.92 Å². The Bertz CT molecular complexity index is 285. The number of hydrogen-bond donors (Lipinski definition) is 3. The van der Waals surface area contributed by atoms with Gasteiger partial charge in [0.2, 0.25) is 5.91 Å². The maximum absolute atomic E-state index is 11.9. The number of carbonyl (C=O) groups excluding carboxylic acids is 1. The van der Waals surface area contributed by atoms with Crippen molar-refractivity contribution in [3.63, 3.8) is 0 Å². The second kappa shape index (κ2) is 6.26. The second-order valence-electron chi connectivity index (χ2n) is 5.57. The number of carbonyl (C=O) groups is 1. The van der Waals surface area contributed by atoms with E-state index >= 15 is 0 Å². The highest BCUT2D eigenvalue weighted by atomic mass is 32.2. The minimum Gasteiger partial charge on any atom is -0.388 e. The lowest BCUT2D eigenvalue weighted by molar-refractivity contribution is -0.124. The van der Waals surface area contributed by atoms with Gasteiger partial charge in [0.1, 0.15) is 0 Å². The number of aliphatic hydroxyl groups is 1. The van der Waals surface area contributed by atoms with Crippen LogP contribution in [0.2, 0.25) is 0 Å². The van der Waals surface area contributed by atoms with E-state index in [4.69, 9.17) is 0 Å². The van der Waals surface area contributed by atoms with E-state index in [1.165, 1.54) is 6.42 Å². The molecular formula is C13H24N2O2S. The minimum atomic E-state index is -0.674. The van der Waals surface area contributed by atoms with Crippen LogP contribution in [0, 0.1) is 5.92 Å². The number of amides is 1. The summed E-state index contributed by atoms with van der Waals surface area (Å²) in [5, 5.41) is 16.5. The van der Waals surface area contributed by atoms with E-state index < -0.39 is 5.60 Å². The van der Waals surface area contributed by atoms with Crippen LogP contribution in [0.5, 0.6) is 0 Å². The highest BCUT2D eigenvalue weighted by Crippen LogP contribution is 2.33. The largest absolute Gasteiger partial charge is 0.388 e. The third-order valence-electron chi connectivity index (χ3n) is 4.24. The van der Waals surface area contributed by atoms with Crippen LogP contribution in [0.3, 0.4) is 0 Å². The van der Waals surface area contributed by atoms with Gasteiger partial charge in [-0.15, -0.1) is 11.8 Å². The number of rotatable bonds is 4. The van der Waals surface area contributed by atoms with Gasteiger partial charge in [-0.25, -0.2) is 0 Å². The molecule has 1 aliphatic carbocycles. The van der Waals surface area contributed by atoms with Crippen molar-refractivity contribution in [2.45, 2.75) is 50.7 Å². The van der Waals surface area contributed by atoms with Crippen LogP contribution in [-0.2, 0) is 4.79 Å². The summed E-state index contributed by atoms with van der Waals surface area (Å²) >= 11 is 1.74. The van der Waals surface area contributed by atoms with Gasteiger partial charge in [-0.05, 0) is 31.6 Å². The zero-order valence-electron chi connectivity index (χ0n) is 11.1. The number of hydrogen-bond acceptors (Lipinski definition) is 4. The smallest absolute Gasteiger partial charge is 0.238 e. The van der Waals surface area contributed by atoms with Gasteiger partial charge in [0.15, 0.2) is 0 Å². The second-order valence-corrected chi connectivity index (χ2v) is 6.60. The van der Waals surface area contributed by atoms with E-state index in [1.807, 2.05) is 0 Å². The third kappa shape index (κ3) is 3.62. The molecule has 0 aromatic rings. The Morgan fingerprint density at radius 1 is 1.50 bits per heavy atom. The van der Waals surface area contributed by atoms with Crippen LogP contribution in [0.15, 0.2) is 0 Å². The Hall–Kier alpha value is -0.260. The summed E-state index contributed by atoms with van der Waals surface area (Å²) in [5.41, 5.74) is -0.674. The minimum absolute atomic E-state index is 0.0334. The molecule has 1 atom stereocenters. The molecule has 0 bridgehead atoms. The van der Waals surface area contributed by atoms with Crippen molar-refractivity contribution in [1.29, 1.82) is 0 Å². The van der Waals surface area contributed by atoms with E-state index in [9.17, 15) is 9.90 Å². The van der Waals surface area contributed by atoms with Crippen molar-refractivity contribution < 1.29 is 9.90 Å². The summed E-state index contributed by atoms with van der Waals surface area (Å²) in [5.74, 6) is 2.47. The van der Waals surface area contributed by atoms with Gasteiger partial charge in [-0.3, -0.25) is 10.1 Å². The molecule has 5 heteroatoms. The van der Waals surface area contributed by atoms with Gasteiger partial charge in [0, 0.05) is 18.2 Å². The van der Waals surface area contributed by atoms with Crippen LogP contribution in [-0.4, -0.2) is 40.8 Å². The molecule has 2 rings (SSSR count). The molecule has 0 radical (unpaired) electrons. The molecule has 0 spiro atoms. The molecule has 18 heavy (non-hydrogen) atoms. The normalized spacial score (nSPS) is 36.6. The average molecular weight is 272 g/mol. The number of nitrogens with one attached hydrogen (secondary N) is 2. The van der Waals surface area contributed by atoms with Gasteiger partial charge in [-0.1, -0.05) is 13.3 Å². The molecule has 1 aliphatic heterocycles. The molecular weight excluding hydrogens is 248 g/mol. The quantitative estimate of drug-likeness (QED) is 0.717. The molecule has 1 saturated heterocycles. The lowest BCUT2D eigenvalue weighted by Gasteiger charge is -2.36. The fourth-order valence-electron chi connectivity index (χ4n) is 2.74. The fraction of sp³-hybridized carbons (Fsp3) is 0.923. The lowest BCUT2D eigenvalue weighted by atomic mass is 9.78. The zero-order chi connectivity index (χ0) is 13.0. The third-order valence-corrected chi connectivity index (χ3v) is 5.18. The highest BCUT2D eigenvalue weighted by Gasteiger charge is 2.33. The van der Waals surface area contributed by atoms with Crippen molar-refractivity contribution >= 4 is 17.7 Å². The zero-order valence-corrected chi connectivity index (χ0v) is 11.9. The Kier molecular flexibility index (Phi) is 4.92. The Morgan fingerprint density at radius 2 is 2.22 bits per heavy atom. The van der Waals surface area contributed by atoms with Gasteiger partial charge >= 0.3 is 0 Å². The van der Waals surface area contributed by atoms with E-state index in [2.05, 4.69) is 17.6 Å². The van der Waals surface area contributed by atoms with Crippen LogP contribution in [0.1, 0.15) is 39.0 Å². The standard InChI is InChI=1S/C13H24N2O2S/c1-2-10-3-5-13(17,6-4-10)8-14-12(16)11-7-18-9-15-11/h10-11,15,17H,2-9H2,1H3,(H,14,16). The molecule has 1 saturated carbocycles. The monoisotopic (exact) mass is 272 g/mol. The summed E-state index contributed by atoms with van der Waals surface area (Å²) in [6, 6.07) is -0.0782. The lowest BCUT2D eigenvalue weighted by Crippen LogP contribution is -2.50. The summed E-state index contributed by atoms with van der Waals surface area (Å²) in [7, 11) is 0. The fourth-order valence-corrected chi connectivity index (χ4v) is 3.68.